The summed E-state index contributed by atoms with van der Waals surface area (Å²) in [6.07, 6.45) is 1.78. The zero-order valence-electron chi connectivity index (χ0n) is 9.27. The van der Waals surface area contributed by atoms with Gasteiger partial charge in [0, 0.05) is 12.8 Å². The van der Waals surface area contributed by atoms with Crippen molar-refractivity contribution in [3.8, 4) is 0 Å². The minimum atomic E-state index is 0.0166. The summed E-state index contributed by atoms with van der Waals surface area (Å²) in [7, 11) is 0. The fraction of sp³-hybridized carbons (Fsp3) is 0.455. The van der Waals surface area contributed by atoms with Crippen molar-refractivity contribution in [2.75, 3.05) is 6.61 Å². The minimum absolute atomic E-state index is 0.0166. The summed E-state index contributed by atoms with van der Waals surface area (Å²) in [6.45, 7) is 6.64. The molecule has 4 heteroatoms. The quantitative estimate of drug-likeness (QED) is 0.770. The Kier molecular flexibility index (Phi) is 2.68. The number of ether oxygens (including phenoxy) is 1. The Morgan fingerprint density at radius 3 is 3.07 bits per heavy atom. The molecule has 0 saturated carbocycles. The van der Waals surface area contributed by atoms with Crippen molar-refractivity contribution in [1.29, 1.82) is 0 Å². The Bertz CT molecular complexity index is 464. The molecule has 0 amide bonds. The van der Waals surface area contributed by atoms with E-state index in [2.05, 4.69) is 10.1 Å². The van der Waals surface area contributed by atoms with E-state index in [-0.39, 0.29) is 6.10 Å². The normalized spacial score (nSPS) is 13.3. The molecule has 0 N–H and O–H groups in total. The third-order valence-electron chi connectivity index (χ3n) is 2.40. The lowest BCUT2D eigenvalue weighted by Crippen LogP contribution is -2.00. The Hall–Kier alpha value is -1.42. The Morgan fingerprint density at radius 1 is 1.53 bits per heavy atom. The van der Waals surface area contributed by atoms with E-state index in [1.165, 1.54) is 0 Å². The van der Waals surface area contributed by atoms with Crippen LogP contribution >= 0.6 is 0 Å². The highest BCUT2D eigenvalue weighted by atomic mass is 16.5. The molecule has 15 heavy (non-hydrogen) atoms. The predicted molar refractivity (Wildman–Crippen MR) is 57.8 cm³/mol. The molecule has 2 aromatic heterocycles. The van der Waals surface area contributed by atoms with Gasteiger partial charge in [0.1, 0.15) is 5.82 Å². The third-order valence-corrected chi connectivity index (χ3v) is 2.40. The molecule has 0 aliphatic rings. The number of imidazole rings is 1. The fourth-order valence-electron chi connectivity index (χ4n) is 1.73. The molecular formula is C11H15N3O. The van der Waals surface area contributed by atoms with Crippen LogP contribution in [-0.2, 0) is 4.74 Å². The largest absolute Gasteiger partial charge is 0.372 e. The number of hydrogen-bond acceptors (Lipinski definition) is 3. The maximum Gasteiger partial charge on any atom is 0.127 e. The van der Waals surface area contributed by atoms with Gasteiger partial charge in [0.05, 0.1) is 17.3 Å². The number of hydrogen-bond donors (Lipinski definition) is 0. The number of aromatic nitrogens is 3. The van der Waals surface area contributed by atoms with Crippen molar-refractivity contribution in [2.24, 2.45) is 0 Å². The lowest BCUT2D eigenvalue weighted by Gasteiger charge is -2.08. The van der Waals surface area contributed by atoms with Crippen molar-refractivity contribution in [3.05, 3.63) is 29.8 Å². The molecule has 4 nitrogen and oxygen atoms in total. The molecule has 0 aliphatic carbocycles. The maximum absolute atomic E-state index is 5.55. The van der Waals surface area contributed by atoms with Crippen LogP contribution in [0.15, 0.2) is 18.3 Å². The van der Waals surface area contributed by atoms with E-state index in [1.54, 1.807) is 6.20 Å². The molecule has 0 bridgehead atoms. The standard InChI is InChI=1S/C11H15N3O/c1-4-15-8(2)11-10-6-5-7-12-14(10)9(3)13-11/h5-8H,4H2,1-3H3. The molecule has 2 heterocycles. The van der Waals surface area contributed by atoms with Gasteiger partial charge >= 0.3 is 0 Å². The predicted octanol–water partition coefficient (Wildman–Crippen LogP) is 2.14. The number of nitrogens with zero attached hydrogens (tertiary/aromatic N) is 3. The second-order valence-electron chi connectivity index (χ2n) is 3.46. The van der Waals surface area contributed by atoms with Gasteiger partial charge in [-0.05, 0) is 32.9 Å². The van der Waals surface area contributed by atoms with Gasteiger partial charge in [-0.2, -0.15) is 5.10 Å². The van der Waals surface area contributed by atoms with Crippen molar-refractivity contribution in [3.63, 3.8) is 0 Å². The van der Waals surface area contributed by atoms with E-state index < -0.39 is 0 Å². The maximum atomic E-state index is 5.55. The fourth-order valence-corrected chi connectivity index (χ4v) is 1.73. The van der Waals surface area contributed by atoms with Gasteiger partial charge < -0.3 is 4.74 Å². The van der Waals surface area contributed by atoms with Crippen LogP contribution in [0.2, 0.25) is 0 Å². The Labute approximate surface area is 88.9 Å². The highest BCUT2D eigenvalue weighted by Crippen LogP contribution is 2.21. The summed E-state index contributed by atoms with van der Waals surface area (Å²) in [4.78, 5) is 4.48. The third kappa shape index (κ3) is 1.72. The zero-order valence-corrected chi connectivity index (χ0v) is 9.27. The Balaban J connectivity index is 2.52. The molecule has 80 valence electrons. The second kappa shape index (κ2) is 3.98. The molecule has 0 saturated heterocycles. The number of aryl methyl sites for hydroxylation is 1. The molecule has 2 aromatic rings. The molecule has 0 aliphatic heterocycles. The summed E-state index contributed by atoms with van der Waals surface area (Å²) in [5, 5.41) is 4.24. The lowest BCUT2D eigenvalue weighted by atomic mass is 10.2. The van der Waals surface area contributed by atoms with Gasteiger partial charge in [0.25, 0.3) is 0 Å². The molecule has 0 fully saturated rings. The first-order valence-electron chi connectivity index (χ1n) is 5.16. The summed E-state index contributed by atoms with van der Waals surface area (Å²) < 4.78 is 7.38. The second-order valence-corrected chi connectivity index (χ2v) is 3.46. The van der Waals surface area contributed by atoms with Crippen molar-refractivity contribution in [1.82, 2.24) is 14.6 Å². The van der Waals surface area contributed by atoms with Crippen LogP contribution in [0.5, 0.6) is 0 Å². The van der Waals surface area contributed by atoms with E-state index in [4.69, 9.17) is 4.74 Å². The van der Waals surface area contributed by atoms with Crippen LogP contribution in [0.25, 0.3) is 5.52 Å². The van der Waals surface area contributed by atoms with Crippen LogP contribution < -0.4 is 0 Å². The van der Waals surface area contributed by atoms with Crippen LogP contribution in [0.4, 0.5) is 0 Å². The lowest BCUT2D eigenvalue weighted by molar-refractivity contribution is 0.0746. The molecule has 0 radical (unpaired) electrons. The molecule has 0 aromatic carbocycles. The van der Waals surface area contributed by atoms with E-state index >= 15 is 0 Å². The van der Waals surface area contributed by atoms with E-state index in [9.17, 15) is 0 Å². The van der Waals surface area contributed by atoms with Gasteiger partial charge in [0.15, 0.2) is 0 Å². The van der Waals surface area contributed by atoms with Gasteiger partial charge in [-0.1, -0.05) is 0 Å². The van der Waals surface area contributed by atoms with Crippen molar-refractivity contribution in [2.45, 2.75) is 26.9 Å². The average Bonchev–Trinajstić information content (AvgIpc) is 2.58. The smallest absolute Gasteiger partial charge is 0.127 e. The number of fused-ring (bicyclic) bond motifs is 1. The van der Waals surface area contributed by atoms with Gasteiger partial charge in [-0.15, -0.1) is 0 Å². The number of rotatable bonds is 3. The highest BCUT2D eigenvalue weighted by molar-refractivity contribution is 5.52. The van der Waals surface area contributed by atoms with Crippen LogP contribution in [-0.4, -0.2) is 21.2 Å². The molecule has 2 rings (SSSR count). The van der Waals surface area contributed by atoms with Crippen LogP contribution in [0.3, 0.4) is 0 Å². The summed E-state index contributed by atoms with van der Waals surface area (Å²) in [5.74, 6) is 0.896. The average molecular weight is 205 g/mol. The summed E-state index contributed by atoms with van der Waals surface area (Å²) in [5.41, 5.74) is 1.98. The van der Waals surface area contributed by atoms with Gasteiger partial charge in [-0.3, -0.25) is 0 Å². The highest BCUT2D eigenvalue weighted by Gasteiger charge is 2.14. The van der Waals surface area contributed by atoms with Crippen molar-refractivity contribution < 1.29 is 4.74 Å². The molecule has 0 spiro atoms. The van der Waals surface area contributed by atoms with E-state index in [0.717, 1.165) is 17.0 Å². The molecular weight excluding hydrogens is 190 g/mol. The van der Waals surface area contributed by atoms with Crippen LogP contribution in [0, 0.1) is 6.92 Å². The van der Waals surface area contributed by atoms with Gasteiger partial charge in [0.2, 0.25) is 0 Å². The topological polar surface area (TPSA) is 39.4 Å². The Morgan fingerprint density at radius 2 is 2.33 bits per heavy atom. The first kappa shape index (κ1) is 10.1. The minimum Gasteiger partial charge on any atom is -0.372 e. The molecule has 1 unspecified atom stereocenters. The van der Waals surface area contributed by atoms with Crippen molar-refractivity contribution >= 4 is 5.52 Å². The van der Waals surface area contributed by atoms with E-state index in [1.807, 2.05) is 37.4 Å². The monoisotopic (exact) mass is 205 g/mol. The first-order chi connectivity index (χ1) is 7.24. The zero-order chi connectivity index (χ0) is 10.8. The summed E-state index contributed by atoms with van der Waals surface area (Å²) in [6, 6.07) is 3.93. The van der Waals surface area contributed by atoms with E-state index in [0.29, 0.717) is 6.61 Å². The van der Waals surface area contributed by atoms with Crippen LogP contribution in [0.1, 0.15) is 31.5 Å². The first-order valence-corrected chi connectivity index (χ1v) is 5.16. The molecule has 1 atom stereocenters. The SMILES string of the molecule is CCOC(C)c1nc(C)n2ncccc12. The summed E-state index contributed by atoms with van der Waals surface area (Å²) >= 11 is 0. The van der Waals surface area contributed by atoms with Gasteiger partial charge in [-0.25, -0.2) is 9.50 Å².